The minimum absolute atomic E-state index is 0. The van der Waals surface area contributed by atoms with E-state index in [0.717, 1.165) is 5.33 Å². The summed E-state index contributed by atoms with van der Waals surface area (Å²) >= 11 is 3.47. The van der Waals surface area contributed by atoms with Gasteiger partial charge in [0, 0.05) is 12.4 Å². The smallest absolute Gasteiger partial charge is 0.323 e. The number of halogens is 2. The Kier molecular flexibility index (Phi) is 3.99. The highest BCUT2D eigenvalue weighted by atomic mass is 79.9. The number of carbonyl (C=O) groups excluding carboxylic acids is 1. The summed E-state index contributed by atoms with van der Waals surface area (Å²) in [6.45, 7) is 2.66. The van der Waals surface area contributed by atoms with Crippen molar-refractivity contribution in [2.45, 2.75) is 31.0 Å². The maximum atomic E-state index is 12.3. The van der Waals surface area contributed by atoms with Crippen LogP contribution in [0.4, 0.5) is 4.79 Å². The molecule has 3 aliphatic heterocycles. The lowest BCUT2D eigenvalue weighted by Crippen LogP contribution is -3.14. The van der Waals surface area contributed by atoms with Crippen molar-refractivity contribution in [1.29, 1.82) is 0 Å². The molecular weight excluding hydrogens is 380 g/mol. The molecule has 0 saturated carbocycles. The lowest BCUT2D eigenvalue weighted by molar-refractivity contribution is -0.809. The van der Waals surface area contributed by atoms with Crippen LogP contribution in [0.3, 0.4) is 0 Å². The number of alkyl halides is 1. The highest BCUT2D eigenvalue weighted by Gasteiger charge is 2.59. The number of aliphatic imine (C=N–C) groups is 1. The molecule has 3 rings (SSSR count). The summed E-state index contributed by atoms with van der Waals surface area (Å²) in [6, 6.07) is 0.173. The molecule has 108 valence electrons. The van der Waals surface area contributed by atoms with E-state index in [1.165, 1.54) is 4.90 Å². The summed E-state index contributed by atoms with van der Waals surface area (Å²) in [7, 11) is 3.87. The number of nitrogens with zero attached hydrogens (tertiary/aromatic N) is 3. The minimum atomic E-state index is -0.307. The van der Waals surface area contributed by atoms with E-state index in [2.05, 4.69) is 28.0 Å². The molecule has 0 bridgehead atoms. The van der Waals surface area contributed by atoms with Crippen LogP contribution in [0.25, 0.3) is 0 Å². The van der Waals surface area contributed by atoms with Gasteiger partial charge in [-0.15, -0.1) is 0 Å². The molecule has 3 aliphatic rings. The Labute approximate surface area is 131 Å². The van der Waals surface area contributed by atoms with Crippen molar-refractivity contribution < 1.29 is 31.4 Å². The number of ether oxygens (including phenoxy) is 1. The van der Waals surface area contributed by atoms with Crippen LogP contribution in [-0.2, 0) is 4.74 Å². The van der Waals surface area contributed by atoms with E-state index in [1.54, 1.807) is 4.90 Å². The van der Waals surface area contributed by atoms with E-state index in [9.17, 15) is 4.79 Å². The first kappa shape index (κ1) is 15.2. The number of hydrogen-bond acceptors (Lipinski definition) is 3. The predicted molar refractivity (Wildman–Crippen MR) is 69.9 cm³/mol. The second kappa shape index (κ2) is 4.98. The average molecular weight is 398 g/mol. The van der Waals surface area contributed by atoms with Gasteiger partial charge in [0.25, 0.3) is 0 Å². The van der Waals surface area contributed by atoms with Crippen LogP contribution >= 0.6 is 15.9 Å². The summed E-state index contributed by atoms with van der Waals surface area (Å²) in [4.78, 5) is 21.5. The first-order chi connectivity index (χ1) is 8.47. The van der Waals surface area contributed by atoms with Gasteiger partial charge in [0.1, 0.15) is 0 Å². The number of rotatable bonds is 1. The number of carbonyl (C=O) groups is 1. The number of nitrogens with one attached hydrogen (secondary N) is 1. The molecule has 2 amide bonds. The Balaban J connectivity index is 0.00000133. The molecule has 6 nitrogen and oxygen atoms in total. The molecule has 5 unspecified atom stereocenters. The second-order valence-electron chi connectivity index (χ2n) is 5.57. The van der Waals surface area contributed by atoms with Crippen LogP contribution in [0.5, 0.6) is 0 Å². The van der Waals surface area contributed by atoms with E-state index in [-0.39, 0.29) is 47.0 Å². The topological polar surface area (TPSA) is 49.6 Å². The molecule has 0 aromatic heterocycles. The lowest BCUT2D eigenvalue weighted by atomic mass is 10.1. The van der Waals surface area contributed by atoms with Gasteiger partial charge in [0.05, 0.1) is 19.2 Å². The Morgan fingerprint density at radius 1 is 1.68 bits per heavy atom. The van der Waals surface area contributed by atoms with Crippen LogP contribution in [0, 0.1) is 0 Å². The molecular formula is C11H18Br2N4O2. The summed E-state index contributed by atoms with van der Waals surface area (Å²) in [5.74, 6) is 0. The Morgan fingerprint density at radius 3 is 3.00 bits per heavy atom. The largest absolute Gasteiger partial charge is 1.00 e. The fraction of sp³-hybridized carbons (Fsp3) is 0.818. The number of likely N-dealkylation sites (N-methyl/N-ethyl adjacent to an activating group) is 2. The monoisotopic (exact) mass is 396 g/mol. The van der Waals surface area contributed by atoms with Crippen molar-refractivity contribution in [3.8, 4) is 0 Å². The molecule has 0 aliphatic carbocycles. The fourth-order valence-corrected chi connectivity index (χ4v) is 3.31. The third-order valence-electron chi connectivity index (χ3n) is 4.03. The molecule has 1 N–H and O–H groups in total. The van der Waals surface area contributed by atoms with Crippen LogP contribution in [0.1, 0.15) is 6.92 Å². The van der Waals surface area contributed by atoms with E-state index in [4.69, 9.17) is 4.74 Å². The van der Waals surface area contributed by atoms with E-state index in [1.807, 2.05) is 25.2 Å². The van der Waals surface area contributed by atoms with Crippen molar-refractivity contribution in [2.24, 2.45) is 4.99 Å². The second-order valence-corrected chi connectivity index (χ2v) is 6.14. The zero-order valence-corrected chi connectivity index (χ0v) is 14.3. The summed E-state index contributed by atoms with van der Waals surface area (Å²) < 4.78 is 6.14. The summed E-state index contributed by atoms with van der Waals surface area (Å²) in [5, 5.41) is 0.723. The number of fused-ring (bicyclic) bond motifs is 3. The van der Waals surface area contributed by atoms with Gasteiger partial charge in [-0.05, 0) is 6.92 Å². The molecule has 0 spiro atoms. The number of urea groups is 1. The van der Waals surface area contributed by atoms with E-state index in [0.29, 0.717) is 6.54 Å². The maximum absolute atomic E-state index is 12.3. The molecule has 0 aromatic carbocycles. The van der Waals surface area contributed by atoms with Crippen molar-refractivity contribution in [1.82, 2.24) is 9.80 Å². The van der Waals surface area contributed by atoms with Crippen molar-refractivity contribution >= 4 is 28.3 Å². The van der Waals surface area contributed by atoms with E-state index < -0.39 is 0 Å². The van der Waals surface area contributed by atoms with E-state index >= 15 is 0 Å². The molecule has 19 heavy (non-hydrogen) atoms. The molecule has 0 radical (unpaired) electrons. The Hall–Kier alpha value is -0.180. The Morgan fingerprint density at radius 2 is 2.37 bits per heavy atom. The van der Waals surface area contributed by atoms with Gasteiger partial charge in [-0.3, -0.25) is 14.7 Å². The highest BCUT2D eigenvalue weighted by molar-refractivity contribution is 9.09. The van der Waals surface area contributed by atoms with Crippen LogP contribution in [0.15, 0.2) is 4.99 Å². The van der Waals surface area contributed by atoms with Crippen molar-refractivity contribution in [3.05, 3.63) is 0 Å². The third-order valence-corrected chi connectivity index (χ3v) is 5.22. The number of hydrogen-bond donors (Lipinski definition) is 1. The van der Waals surface area contributed by atoms with Crippen LogP contribution < -0.4 is 21.9 Å². The Bertz CT molecular complexity index is 421. The van der Waals surface area contributed by atoms with Gasteiger partial charge in [-0.25, -0.2) is 9.79 Å². The SMILES string of the molecule is CN1C(=O)N2CC(C)(CBr)OC2C2C1N=C[NH+]2C.[Br-]. The third kappa shape index (κ3) is 2.12. The van der Waals surface area contributed by atoms with Crippen molar-refractivity contribution in [2.75, 3.05) is 26.0 Å². The summed E-state index contributed by atoms with van der Waals surface area (Å²) in [6.07, 6.45) is 1.59. The van der Waals surface area contributed by atoms with Crippen LogP contribution in [0.2, 0.25) is 0 Å². The predicted octanol–water partition coefficient (Wildman–Crippen LogP) is -3.88. The van der Waals surface area contributed by atoms with Gasteiger partial charge in [-0.2, -0.15) is 0 Å². The van der Waals surface area contributed by atoms with Gasteiger partial charge in [0.2, 0.25) is 0 Å². The zero-order chi connectivity index (χ0) is 13.1. The van der Waals surface area contributed by atoms with Gasteiger partial charge in [0.15, 0.2) is 24.8 Å². The highest BCUT2D eigenvalue weighted by Crippen LogP contribution is 2.34. The molecule has 5 atom stereocenters. The maximum Gasteiger partial charge on any atom is 0.323 e. The number of quaternary nitrogens is 1. The summed E-state index contributed by atoms with van der Waals surface area (Å²) in [5.41, 5.74) is -0.307. The van der Waals surface area contributed by atoms with Crippen molar-refractivity contribution in [3.63, 3.8) is 0 Å². The lowest BCUT2D eigenvalue weighted by Gasteiger charge is -2.41. The minimum Gasteiger partial charge on any atom is -1.00 e. The molecule has 8 heteroatoms. The standard InChI is InChI=1S/C11H17BrN4O2.BrH/c1-11(4-12)5-16-9(18-11)7-8(13-6-14(7)2)15(3)10(16)17;/h6-9H,4-5H2,1-3H3;1H. The first-order valence-electron chi connectivity index (χ1n) is 6.11. The molecule has 2 saturated heterocycles. The molecule has 3 heterocycles. The molecule has 2 fully saturated rings. The van der Waals surface area contributed by atoms with Gasteiger partial charge < -0.3 is 21.7 Å². The molecule has 0 aromatic rings. The quantitative estimate of drug-likeness (QED) is 0.460. The average Bonchev–Trinajstić information content (AvgIpc) is 2.88. The first-order valence-corrected chi connectivity index (χ1v) is 7.23. The normalized spacial score (nSPS) is 44.1. The zero-order valence-electron chi connectivity index (χ0n) is 11.1. The number of amides is 2. The van der Waals surface area contributed by atoms with Gasteiger partial charge >= 0.3 is 6.03 Å². The van der Waals surface area contributed by atoms with Gasteiger partial charge in [-0.1, -0.05) is 15.9 Å². The van der Waals surface area contributed by atoms with Crippen LogP contribution in [-0.4, -0.2) is 72.2 Å². The fourth-order valence-electron chi connectivity index (χ4n) is 3.00.